The van der Waals surface area contributed by atoms with Crippen molar-refractivity contribution in [2.75, 3.05) is 24.2 Å². The lowest BCUT2D eigenvalue weighted by atomic mass is 10.2. The fourth-order valence-corrected chi connectivity index (χ4v) is 1.33. The zero-order valence-corrected chi connectivity index (χ0v) is 9.52. The number of nitrogen functional groups attached to an aromatic ring is 1. The van der Waals surface area contributed by atoms with E-state index in [2.05, 4.69) is 5.32 Å². The number of hydrogen-bond acceptors (Lipinski definition) is 6. The summed E-state index contributed by atoms with van der Waals surface area (Å²) in [5.74, 6) is 0. The Morgan fingerprint density at radius 2 is 2.24 bits per heavy atom. The van der Waals surface area contributed by atoms with Gasteiger partial charge in [-0.1, -0.05) is 11.6 Å². The predicted octanol–water partition coefficient (Wildman–Crippen LogP) is 0.595. The van der Waals surface area contributed by atoms with E-state index in [9.17, 15) is 10.1 Å². The van der Waals surface area contributed by atoms with Crippen molar-refractivity contribution in [3.8, 4) is 0 Å². The SMILES string of the molecule is Nc1cc([N+](=O)[O-])c(NCC(O)CO)cc1Cl. The topological polar surface area (TPSA) is 122 Å². The molecule has 0 spiro atoms. The number of anilines is 2. The van der Waals surface area contributed by atoms with Gasteiger partial charge in [0, 0.05) is 12.6 Å². The standard InChI is InChI=1S/C9H12ClN3O4/c10-6-1-8(12-3-5(15)4-14)9(13(16)17)2-7(6)11/h1-2,5,12,14-15H,3-4,11H2. The van der Waals surface area contributed by atoms with Crippen molar-refractivity contribution in [2.24, 2.45) is 0 Å². The minimum atomic E-state index is -1.01. The number of aliphatic hydroxyl groups is 2. The molecule has 0 bridgehead atoms. The summed E-state index contributed by atoms with van der Waals surface area (Å²) in [4.78, 5) is 10.1. The normalized spacial score (nSPS) is 12.2. The highest BCUT2D eigenvalue weighted by Gasteiger charge is 2.17. The highest BCUT2D eigenvalue weighted by molar-refractivity contribution is 6.33. The summed E-state index contributed by atoms with van der Waals surface area (Å²) < 4.78 is 0. The Hall–Kier alpha value is -1.57. The van der Waals surface area contributed by atoms with Crippen molar-refractivity contribution in [1.82, 2.24) is 0 Å². The molecule has 0 aliphatic carbocycles. The van der Waals surface area contributed by atoms with Crippen LogP contribution >= 0.6 is 11.6 Å². The molecule has 1 aromatic carbocycles. The van der Waals surface area contributed by atoms with E-state index in [-0.39, 0.29) is 28.6 Å². The first-order valence-electron chi connectivity index (χ1n) is 4.72. The third-order valence-electron chi connectivity index (χ3n) is 2.05. The van der Waals surface area contributed by atoms with Gasteiger partial charge in [0.2, 0.25) is 0 Å². The van der Waals surface area contributed by atoms with Gasteiger partial charge >= 0.3 is 0 Å². The summed E-state index contributed by atoms with van der Waals surface area (Å²) in [5, 5.41) is 31.3. The minimum Gasteiger partial charge on any atom is -0.397 e. The summed E-state index contributed by atoms with van der Waals surface area (Å²) in [6, 6.07) is 2.44. The smallest absolute Gasteiger partial charge is 0.294 e. The van der Waals surface area contributed by atoms with Gasteiger partial charge in [-0.15, -0.1) is 0 Å². The number of hydrogen-bond donors (Lipinski definition) is 4. The average Bonchev–Trinajstić information content (AvgIpc) is 2.29. The van der Waals surface area contributed by atoms with Gasteiger partial charge in [-0.2, -0.15) is 0 Å². The molecule has 1 unspecified atom stereocenters. The molecule has 94 valence electrons. The van der Waals surface area contributed by atoms with Crippen molar-refractivity contribution in [3.05, 3.63) is 27.3 Å². The Bertz CT molecular complexity index is 427. The van der Waals surface area contributed by atoms with Crippen molar-refractivity contribution in [2.45, 2.75) is 6.10 Å². The third kappa shape index (κ3) is 3.45. The lowest BCUT2D eigenvalue weighted by Gasteiger charge is -2.11. The molecule has 0 fully saturated rings. The van der Waals surface area contributed by atoms with Crippen LogP contribution < -0.4 is 11.1 Å². The third-order valence-corrected chi connectivity index (χ3v) is 2.38. The van der Waals surface area contributed by atoms with E-state index in [1.54, 1.807) is 0 Å². The van der Waals surface area contributed by atoms with E-state index in [1.165, 1.54) is 6.07 Å². The summed E-state index contributed by atoms with van der Waals surface area (Å²) in [6.07, 6.45) is -1.01. The molecule has 0 heterocycles. The highest BCUT2D eigenvalue weighted by Crippen LogP contribution is 2.32. The van der Waals surface area contributed by atoms with Crippen molar-refractivity contribution < 1.29 is 15.1 Å². The van der Waals surface area contributed by atoms with Crippen molar-refractivity contribution >= 4 is 28.7 Å². The van der Waals surface area contributed by atoms with Gasteiger partial charge in [-0.05, 0) is 6.07 Å². The number of nitro groups is 1. The number of benzene rings is 1. The molecular weight excluding hydrogens is 250 g/mol. The summed E-state index contributed by atoms with van der Waals surface area (Å²) in [5.41, 5.74) is 5.46. The summed E-state index contributed by atoms with van der Waals surface area (Å²) in [6.45, 7) is -0.471. The number of nitrogens with zero attached hydrogens (tertiary/aromatic N) is 1. The maximum atomic E-state index is 10.8. The largest absolute Gasteiger partial charge is 0.397 e. The molecule has 7 nitrogen and oxygen atoms in total. The molecule has 0 saturated heterocycles. The van der Waals surface area contributed by atoms with E-state index in [0.717, 1.165) is 6.07 Å². The van der Waals surface area contributed by atoms with Crippen LogP contribution in [-0.4, -0.2) is 34.4 Å². The Morgan fingerprint density at radius 3 is 2.76 bits per heavy atom. The fourth-order valence-electron chi connectivity index (χ4n) is 1.16. The van der Waals surface area contributed by atoms with E-state index < -0.39 is 17.6 Å². The molecule has 0 radical (unpaired) electrons. The van der Waals surface area contributed by atoms with Crippen molar-refractivity contribution in [1.29, 1.82) is 0 Å². The lowest BCUT2D eigenvalue weighted by Crippen LogP contribution is -2.23. The van der Waals surface area contributed by atoms with Crippen LogP contribution in [0.1, 0.15) is 0 Å². The second-order valence-electron chi connectivity index (χ2n) is 3.37. The van der Waals surface area contributed by atoms with Crippen LogP contribution in [0.5, 0.6) is 0 Å². The fraction of sp³-hybridized carbons (Fsp3) is 0.333. The summed E-state index contributed by atoms with van der Waals surface area (Å²) >= 11 is 5.74. The zero-order chi connectivity index (χ0) is 13.0. The molecule has 17 heavy (non-hydrogen) atoms. The van der Waals surface area contributed by atoms with Gasteiger partial charge < -0.3 is 21.3 Å². The molecule has 1 rings (SSSR count). The zero-order valence-electron chi connectivity index (χ0n) is 8.76. The molecule has 0 amide bonds. The first-order valence-corrected chi connectivity index (χ1v) is 5.09. The highest BCUT2D eigenvalue weighted by atomic mass is 35.5. The quantitative estimate of drug-likeness (QED) is 0.350. The van der Waals surface area contributed by atoms with Crippen molar-refractivity contribution in [3.63, 3.8) is 0 Å². The summed E-state index contributed by atoms with van der Waals surface area (Å²) in [7, 11) is 0. The van der Waals surface area contributed by atoms with Crippen LogP contribution in [0.15, 0.2) is 12.1 Å². The van der Waals surface area contributed by atoms with Gasteiger partial charge in [-0.3, -0.25) is 10.1 Å². The van der Waals surface area contributed by atoms with Crippen LogP contribution in [0.2, 0.25) is 5.02 Å². The second kappa shape index (κ2) is 5.67. The van der Waals surface area contributed by atoms with Gasteiger partial charge in [0.15, 0.2) is 0 Å². The van der Waals surface area contributed by atoms with Crippen LogP contribution in [0.3, 0.4) is 0 Å². The van der Waals surface area contributed by atoms with E-state index in [0.29, 0.717) is 0 Å². The number of aliphatic hydroxyl groups excluding tert-OH is 2. The Labute approximate surface area is 102 Å². The monoisotopic (exact) mass is 261 g/mol. The van der Waals surface area contributed by atoms with Gasteiger partial charge in [0.25, 0.3) is 5.69 Å². The molecule has 0 aliphatic rings. The van der Waals surface area contributed by atoms with Crippen LogP contribution in [0.4, 0.5) is 17.1 Å². The van der Waals surface area contributed by atoms with Crippen LogP contribution in [0, 0.1) is 10.1 Å². The Balaban J connectivity index is 2.96. The van der Waals surface area contributed by atoms with Crippen LogP contribution in [-0.2, 0) is 0 Å². The maximum Gasteiger partial charge on any atom is 0.294 e. The van der Waals surface area contributed by atoms with Gasteiger partial charge in [0.1, 0.15) is 5.69 Å². The Morgan fingerprint density at radius 1 is 1.59 bits per heavy atom. The van der Waals surface area contributed by atoms with Crippen LogP contribution in [0.25, 0.3) is 0 Å². The number of nitrogens with two attached hydrogens (primary N) is 1. The van der Waals surface area contributed by atoms with Gasteiger partial charge in [-0.25, -0.2) is 0 Å². The minimum absolute atomic E-state index is 0.0302. The molecule has 0 aromatic heterocycles. The Kier molecular flexibility index (Phi) is 4.50. The first kappa shape index (κ1) is 13.5. The molecule has 8 heteroatoms. The lowest BCUT2D eigenvalue weighted by molar-refractivity contribution is -0.383. The number of halogens is 1. The van der Waals surface area contributed by atoms with E-state index in [4.69, 9.17) is 27.5 Å². The van der Waals surface area contributed by atoms with Gasteiger partial charge in [0.05, 0.1) is 28.3 Å². The number of rotatable bonds is 5. The maximum absolute atomic E-state index is 10.8. The molecule has 0 aliphatic heterocycles. The molecule has 1 aromatic rings. The number of nitro benzene ring substituents is 1. The molecule has 0 saturated carbocycles. The number of nitrogens with one attached hydrogen (secondary N) is 1. The van der Waals surface area contributed by atoms with E-state index in [1.807, 2.05) is 0 Å². The first-order chi connectivity index (χ1) is 7.95. The average molecular weight is 262 g/mol. The molecular formula is C9H12ClN3O4. The molecule has 1 atom stereocenters. The second-order valence-corrected chi connectivity index (χ2v) is 3.77. The van der Waals surface area contributed by atoms with E-state index >= 15 is 0 Å². The predicted molar refractivity (Wildman–Crippen MR) is 64.1 cm³/mol. The molecule has 5 N–H and O–H groups in total.